The molecule has 0 radical (unpaired) electrons. The first-order valence-electron chi connectivity index (χ1n) is 6.64. The van der Waals surface area contributed by atoms with Gasteiger partial charge in [0.05, 0.1) is 16.7 Å². The number of anilines is 1. The van der Waals surface area contributed by atoms with Crippen LogP contribution in [0.5, 0.6) is 0 Å². The van der Waals surface area contributed by atoms with Crippen molar-refractivity contribution >= 4 is 17.5 Å². The normalized spacial score (nSPS) is 20.7. The van der Waals surface area contributed by atoms with Crippen LogP contribution in [0, 0.1) is 22.6 Å². The van der Waals surface area contributed by atoms with E-state index in [0.717, 1.165) is 36.6 Å². The Kier molecular flexibility index (Phi) is 2.82. The minimum Gasteiger partial charge on any atom is -0.274 e. The van der Waals surface area contributed by atoms with Crippen molar-refractivity contribution in [1.29, 1.82) is 5.26 Å². The summed E-state index contributed by atoms with van der Waals surface area (Å²) in [5.41, 5.74) is -0.421. The SMILES string of the molecule is N#Cc1cc(N2C(=O)CC3(CCCC3)C2=O)ccc1F. The van der Waals surface area contributed by atoms with E-state index < -0.39 is 11.2 Å². The predicted molar refractivity (Wildman–Crippen MR) is 69.1 cm³/mol. The summed E-state index contributed by atoms with van der Waals surface area (Å²) in [5.74, 6) is -1.10. The van der Waals surface area contributed by atoms with Crippen LogP contribution >= 0.6 is 0 Å². The van der Waals surface area contributed by atoms with Crippen molar-refractivity contribution in [3.05, 3.63) is 29.6 Å². The number of hydrogen-bond acceptors (Lipinski definition) is 3. The van der Waals surface area contributed by atoms with Gasteiger partial charge in [0, 0.05) is 6.42 Å². The number of nitriles is 1. The third kappa shape index (κ3) is 1.72. The van der Waals surface area contributed by atoms with Crippen LogP contribution in [-0.4, -0.2) is 11.8 Å². The third-order valence-corrected chi connectivity index (χ3v) is 4.29. The van der Waals surface area contributed by atoms with E-state index in [2.05, 4.69) is 0 Å². The van der Waals surface area contributed by atoms with E-state index in [1.165, 1.54) is 12.1 Å². The molecule has 0 bridgehead atoms. The molecule has 1 aliphatic carbocycles. The molecule has 0 atom stereocenters. The van der Waals surface area contributed by atoms with E-state index in [0.29, 0.717) is 5.69 Å². The van der Waals surface area contributed by atoms with Gasteiger partial charge in [-0.15, -0.1) is 0 Å². The van der Waals surface area contributed by atoms with Crippen LogP contribution < -0.4 is 4.90 Å². The molecule has 1 aromatic carbocycles. The smallest absolute Gasteiger partial charge is 0.240 e. The fourth-order valence-electron chi connectivity index (χ4n) is 3.24. The van der Waals surface area contributed by atoms with Crippen LogP contribution in [0.4, 0.5) is 10.1 Å². The molecule has 0 unspecified atom stereocenters. The topological polar surface area (TPSA) is 61.2 Å². The van der Waals surface area contributed by atoms with Crippen molar-refractivity contribution in [3.63, 3.8) is 0 Å². The van der Waals surface area contributed by atoms with E-state index in [4.69, 9.17) is 5.26 Å². The van der Waals surface area contributed by atoms with Crippen molar-refractivity contribution in [1.82, 2.24) is 0 Å². The first kappa shape index (κ1) is 12.8. The van der Waals surface area contributed by atoms with Gasteiger partial charge < -0.3 is 0 Å². The van der Waals surface area contributed by atoms with Crippen LogP contribution in [0.1, 0.15) is 37.7 Å². The molecule has 1 aliphatic heterocycles. The van der Waals surface area contributed by atoms with Crippen molar-refractivity contribution in [3.8, 4) is 6.07 Å². The third-order valence-electron chi connectivity index (χ3n) is 4.29. The summed E-state index contributed by atoms with van der Waals surface area (Å²) in [5, 5.41) is 8.84. The second-order valence-electron chi connectivity index (χ2n) is 5.47. The number of carbonyl (C=O) groups excluding carboxylic acids is 2. The molecule has 102 valence electrons. The van der Waals surface area contributed by atoms with Gasteiger partial charge in [-0.25, -0.2) is 4.39 Å². The molecule has 4 nitrogen and oxygen atoms in total. The van der Waals surface area contributed by atoms with Gasteiger partial charge in [-0.2, -0.15) is 5.26 Å². The number of hydrogen-bond donors (Lipinski definition) is 0. The van der Waals surface area contributed by atoms with Gasteiger partial charge in [-0.05, 0) is 31.0 Å². The number of imide groups is 1. The summed E-state index contributed by atoms with van der Waals surface area (Å²) in [6.07, 6.45) is 3.62. The number of amides is 2. The monoisotopic (exact) mass is 272 g/mol. The van der Waals surface area contributed by atoms with Gasteiger partial charge in [-0.3, -0.25) is 14.5 Å². The molecule has 2 amide bonds. The average molecular weight is 272 g/mol. The lowest BCUT2D eigenvalue weighted by Crippen LogP contribution is -2.34. The second kappa shape index (κ2) is 4.41. The highest BCUT2D eigenvalue weighted by Gasteiger charge is 2.53. The fraction of sp³-hybridized carbons (Fsp3) is 0.400. The molecule has 1 spiro atoms. The van der Waals surface area contributed by atoms with Crippen LogP contribution in [0.2, 0.25) is 0 Å². The van der Waals surface area contributed by atoms with Gasteiger partial charge >= 0.3 is 0 Å². The first-order valence-corrected chi connectivity index (χ1v) is 6.64. The van der Waals surface area contributed by atoms with E-state index >= 15 is 0 Å². The fourth-order valence-corrected chi connectivity index (χ4v) is 3.24. The number of nitrogens with zero attached hydrogens (tertiary/aromatic N) is 2. The van der Waals surface area contributed by atoms with Crippen molar-refractivity contribution in [2.24, 2.45) is 5.41 Å². The van der Waals surface area contributed by atoms with E-state index in [1.807, 2.05) is 0 Å². The maximum Gasteiger partial charge on any atom is 0.240 e. The molecule has 2 fully saturated rings. The van der Waals surface area contributed by atoms with Crippen molar-refractivity contribution < 1.29 is 14.0 Å². The van der Waals surface area contributed by atoms with Gasteiger partial charge in [0.25, 0.3) is 0 Å². The zero-order valence-corrected chi connectivity index (χ0v) is 10.9. The molecule has 3 rings (SSSR count). The number of rotatable bonds is 1. The van der Waals surface area contributed by atoms with E-state index in [9.17, 15) is 14.0 Å². The number of benzene rings is 1. The van der Waals surface area contributed by atoms with E-state index in [1.54, 1.807) is 6.07 Å². The largest absolute Gasteiger partial charge is 0.274 e. The lowest BCUT2D eigenvalue weighted by atomic mass is 9.84. The Hall–Kier alpha value is -2.22. The van der Waals surface area contributed by atoms with E-state index in [-0.39, 0.29) is 23.8 Å². The Morgan fingerprint density at radius 3 is 2.60 bits per heavy atom. The minimum atomic E-state index is -0.647. The quantitative estimate of drug-likeness (QED) is 0.738. The average Bonchev–Trinajstić information content (AvgIpc) is 2.98. The zero-order valence-electron chi connectivity index (χ0n) is 10.9. The molecule has 1 saturated carbocycles. The zero-order chi connectivity index (χ0) is 14.3. The van der Waals surface area contributed by atoms with Gasteiger partial charge in [0.2, 0.25) is 11.8 Å². The second-order valence-corrected chi connectivity index (χ2v) is 5.47. The summed E-state index contributed by atoms with van der Waals surface area (Å²) in [6.45, 7) is 0. The summed E-state index contributed by atoms with van der Waals surface area (Å²) in [6, 6.07) is 5.48. The van der Waals surface area contributed by atoms with Crippen LogP contribution in [0.25, 0.3) is 0 Å². The van der Waals surface area contributed by atoms with Crippen molar-refractivity contribution in [2.75, 3.05) is 4.90 Å². The molecule has 1 aromatic rings. The first-order chi connectivity index (χ1) is 9.57. The molecule has 0 aromatic heterocycles. The highest BCUT2D eigenvalue weighted by atomic mass is 19.1. The molecule has 1 heterocycles. The van der Waals surface area contributed by atoms with Crippen LogP contribution in [0.15, 0.2) is 18.2 Å². The summed E-state index contributed by atoms with van der Waals surface area (Å²) >= 11 is 0. The predicted octanol–water partition coefficient (Wildman–Crippen LogP) is 2.52. The maximum atomic E-state index is 13.3. The number of halogens is 1. The molecule has 20 heavy (non-hydrogen) atoms. The lowest BCUT2D eigenvalue weighted by molar-refractivity contribution is -0.125. The van der Waals surface area contributed by atoms with Gasteiger partial charge in [0.1, 0.15) is 11.9 Å². The Morgan fingerprint density at radius 2 is 1.95 bits per heavy atom. The molecule has 0 N–H and O–H groups in total. The maximum absolute atomic E-state index is 13.3. The Balaban J connectivity index is 2.00. The molecular weight excluding hydrogens is 259 g/mol. The van der Waals surface area contributed by atoms with Crippen molar-refractivity contribution in [2.45, 2.75) is 32.1 Å². The summed E-state index contributed by atoms with van der Waals surface area (Å²) < 4.78 is 13.3. The molecule has 2 aliphatic rings. The Morgan fingerprint density at radius 1 is 1.25 bits per heavy atom. The Bertz CT molecular complexity index is 642. The highest BCUT2D eigenvalue weighted by Crippen LogP contribution is 2.47. The highest BCUT2D eigenvalue weighted by molar-refractivity contribution is 6.22. The Labute approximate surface area is 115 Å². The molecule has 5 heteroatoms. The van der Waals surface area contributed by atoms with Crippen LogP contribution in [0.3, 0.4) is 0 Å². The lowest BCUT2D eigenvalue weighted by Gasteiger charge is -2.21. The molecular formula is C15H13FN2O2. The summed E-state index contributed by atoms with van der Waals surface area (Å²) in [7, 11) is 0. The number of carbonyl (C=O) groups is 2. The minimum absolute atomic E-state index is 0.157. The van der Waals surface area contributed by atoms with Crippen LogP contribution in [-0.2, 0) is 9.59 Å². The summed E-state index contributed by atoms with van der Waals surface area (Å²) in [4.78, 5) is 25.8. The van der Waals surface area contributed by atoms with Gasteiger partial charge in [0.15, 0.2) is 0 Å². The standard InChI is InChI=1S/C15H13FN2O2/c16-12-4-3-11(7-10(12)9-17)18-13(19)8-15(14(18)20)5-1-2-6-15/h3-4,7H,1-2,5-6,8H2. The van der Waals surface area contributed by atoms with Gasteiger partial charge in [-0.1, -0.05) is 12.8 Å². The molecule has 1 saturated heterocycles.